The van der Waals surface area contributed by atoms with Crippen LogP contribution in [0.5, 0.6) is 0 Å². The number of hydrogen-bond acceptors (Lipinski definition) is 9. The molecule has 1 aliphatic heterocycles. The van der Waals surface area contributed by atoms with Gasteiger partial charge in [-0.2, -0.15) is 0 Å². The lowest BCUT2D eigenvalue weighted by Crippen LogP contribution is -2.58. The van der Waals surface area contributed by atoms with Crippen LogP contribution in [-0.4, -0.2) is 61.7 Å². The van der Waals surface area contributed by atoms with Crippen molar-refractivity contribution in [3.05, 3.63) is 69.8 Å². The summed E-state index contributed by atoms with van der Waals surface area (Å²) in [6.45, 7) is 1.39. The van der Waals surface area contributed by atoms with Crippen LogP contribution in [-0.2, 0) is 16.1 Å². The molecule has 5 N–H and O–H groups in total. The van der Waals surface area contributed by atoms with Crippen LogP contribution >= 0.6 is 35.0 Å². The second-order valence-corrected chi connectivity index (χ2v) is 10.1. The highest BCUT2D eigenvalue weighted by atomic mass is 35.5. The Kier molecular flexibility index (Phi) is 8.51. The van der Waals surface area contributed by atoms with Gasteiger partial charge in [-0.25, -0.2) is 9.97 Å². The summed E-state index contributed by atoms with van der Waals surface area (Å²) in [6.07, 6.45) is -4.45. The summed E-state index contributed by atoms with van der Waals surface area (Å²) in [5, 5.41) is 32.6. The van der Waals surface area contributed by atoms with Crippen LogP contribution in [0.2, 0.25) is 10.0 Å². The molecule has 0 bridgehead atoms. The molecule has 3 unspecified atom stereocenters. The molecule has 186 valence electrons. The van der Waals surface area contributed by atoms with Gasteiger partial charge in [-0.1, -0.05) is 53.2 Å². The number of aromatic nitrogens is 2. The predicted octanol–water partition coefficient (Wildman–Crippen LogP) is 3.46. The van der Waals surface area contributed by atoms with Crippen LogP contribution in [0, 0.1) is 6.92 Å². The number of rotatable bonds is 7. The van der Waals surface area contributed by atoms with Gasteiger partial charge in [-0.15, -0.1) is 0 Å². The third-order valence-electron chi connectivity index (χ3n) is 5.58. The molecule has 4 rings (SSSR count). The minimum atomic E-state index is -1.26. The third-order valence-corrected chi connectivity index (χ3v) is 7.39. The number of nitrogens with two attached hydrogens (primary N) is 1. The summed E-state index contributed by atoms with van der Waals surface area (Å²) in [4.78, 5) is 9.24. The number of thioether (sulfide) groups is 1. The molecule has 35 heavy (non-hydrogen) atoms. The van der Waals surface area contributed by atoms with E-state index in [-0.39, 0.29) is 12.6 Å². The Morgan fingerprint density at radius 2 is 1.80 bits per heavy atom. The molecule has 11 heteroatoms. The SMILES string of the molecule is Cc1ccc(S[C@H]2OC(CO)[C@H](O)C(OCc3cc(-c4ccc(Cl)cc4)nc(N)n3)C2O)cc1Cl. The largest absolute Gasteiger partial charge is 0.394 e. The Morgan fingerprint density at radius 1 is 1.06 bits per heavy atom. The Morgan fingerprint density at radius 3 is 2.49 bits per heavy atom. The Hall–Kier alpha value is -1.95. The van der Waals surface area contributed by atoms with Gasteiger partial charge in [-0.05, 0) is 42.8 Å². The number of aliphatic hydroxyl groups is 3. The molecular weight excluding hydrogens is 513 g/mol. The molecule has 0 spiro atoms. The van der Waals surface area contributed by atoms with Crippen molar-refractivity contribution in [2.45, 2.75) is 48.3 Å². The smallest absolute Gasteiger partial charge is 0.220 e. The zero-order valence-electron chi connectivity index (χ0n) is 18.7. The number of ether oxygens (including phenoxy) is 2. The molecular formula is C24H25Cl2N3O5S. The van der Waals surface area contributed by atoms with E-state index in [0.717, 1.165) is 16.0 Å². The van der Waals surface area contributed by atoms with E-state index in [1.54, 1.807) is 24.3 Å². The van der Waals surface area contributed by atoms with Gasteiger partial charge in [0, 0.05) is 20.5 Å². The minimum absolute atomic E-state index is 0.0574. The fourth-order valence-corrected chi connectivity index (χ4v) is 5.13. The van der Waals surface area contributed by atoms with E-state index in [0.29, 0.717) is 21.4 Å². The van der Waals surface area contributed by atoms with Gasteiger partial charge < -0.3 is 30.5 Å². The average molecular weight is 538 g/mol. The number of halogens is 2. The van der Waals surface area contributed by atoms with Crippen LogP contribution in [0.25, 0.3) is 11.3 Å². The summed E-state index contributed by atoms with van der Waals surface area (Å²) < 4.78 is 11.7. The first-order chi connectivity index (χ1) is 16.7. The van der Waals surface area contributed by atoms with Gasteiger partial charge in [0.15, 0.2) is 0 Å². The summed E-state index contributed by atoms with van der Waals surface area (Å²) in [7, 11) is 0. The molecule has 0 aliphatic carbocycles. The maximum absolute atomic E-state index is 11.0. The van der Waals surface area contributed by atoms with Crippen molar-refractivity contribution >= 4 is 40.9 Å². The molecule has 1 aliphatic rings. The molecule has 8 nitrogen and oxygen atoms in total. The van der Waals surface area contributed by atoms with Gasteiger partial charge in [0.1, 0.15) is 29.9 Å². The highest BCUT2D eigenvalue weighted by Crippen LogP contribution is 2.36. The number of nitrogens with zero attached hydrogens (tertiary/aromatic N) is 2. The van der Waals surface area contributed by atoms with Crippen LogP contribution in [0.3, 0.4) is 0 Å². The van der Waals surface area contributed by atoms with E-state index < -0.39 is 36.5 Å². The highest BCUT2D eigenvalue weighted by Gasteiger charge is 2.45. The zero-order valence-corrected chi connectivity index (χ0v) is 21.0. The lowest BCUT2D eigenvalue weighted by molar-refractivity contribution is -0.223. The van der Waals surface area contributed by atoms with E-state index in [1.165, 1.54) is 11.8 Å². The predicted molar refractivity (Wildman–Crippen MR) is 135 cm³/mol. The normalized spacial score (nSPS) is 24.5. The summed E-state index contributed by atoms with van der Waals surface area (Å²) in [5.74, 6) is 0.0574. The van der Waals surface area contributed by atoms with Crippen molar-refractivity contribution in [2.24, 2.45) is 0 Å². The molecule has 1 aromatic heterocycles. The van der Waals surface area contributed by atoms with E-state index in [9.17, 15) is 15.3 Å². The summed E-state index contributed by atoms with van der Waals surface area (Å²) in [6, 6.07) is 14.3. The molecule has 2 heterocycles. The van der Waals surface area contributed by atoms with Crippen molar-refractivity contribution in [2.75, 3.05) is 12.3 Å². The lowest BCUT2D eigenvalue weighted by atomic mass is 10.00. The summed E-state index contributed by atoms with van der Waals surface area (Å²) in [5.41, 5.74) is 7.85. The number of anilines is 1. The Labute approximate surface area is 217 Å². The second kappa shape index (κ2) is 11.4. The zero-order chi connectivity index (χ0) is 25.1. The van der Waals surface area contributed by atoms with Gasteiger partial charge in [-0.3, -0.25) is 0 Å². The monoisotopic (exact) mass is 537 g/mol. The maximum Gasteiger partial charge on any atom is 0.220 e. The molecule has 0 radical (unpaired) electrons. The van der Waals surface area contributed by atoms with Crippen LogP contribution in [0.15, 0.2) is 53.4 Å². The standard InChI is InChI=1S/C24H25Cl2N3O5S/c1-12-2-7-16(9-17(12)26)35-23-21(32)22(20(31)19(10-30)34-23)33-11-15-8-18(29-24(27)28-15)13-3-5-14(25)6-4-13/h2-9,19-23,30-32H,10-11H2,1H3,(H2,27,28,29)/t19?,20-,21?,22?,23+/m0/s1. The van der Waals surface area contributed by atoms with Crippen molar-refractivity contribution in [3.8, 4) is 11.3 Å². The number of hydrogen-bond donors (Lipinski definition) is 4. The maximum atomic E-state index is 11.0. The first-order valence-corrected chi connectivity index (χ1v) is 12.4. The van der Waals surface area contributed by atoms with E-state index in [1.807, 2.05) is 31.2 Å². The molecule has 1 fully saturated rings. The van der Waals surface area contributed by atoms with Crippen LogP contribution in [0.1, 0.15) is 11.3 Å². The molecule has 2 aromatic carbocycles. The number of aliphatic hydroxyl groups excluding tert-OH is 3. The first-order valence-electron chi connectivity index (χ1n) is 10.8. The molecule has 5 atom stereocenters. The van der Waals surface area contributed by atoms with Gasteiger partial charge in [0.2, 0.25) is 5.95 Å². The molecule has 1 saturated heterocycles. The van der Waals surface area contributed by atoms with E-state index >= 15 is 0 Å². The minimum Gasteiger partial charge on any atom is -0.394 e. The Bertz CT molecular complexity index is 1170. The van der Waals surface area contributed by atoms with Crippen molar-refractivity contribution < 1.29 is 24.8 Å². The molecule has 3 aromatic rings. The molecule has 0 saturated carbocycles. The van der Waals surface area contributed by atoms with Crippen LogP contribution in [0.4, 0.5) is 5.95 Å². The van der Waals surface area contributed by atoms with Crippen molar-refractivity contribution in [3.63, 3.8) is 0 Å². The Balaban J connectivity index is 1.51. The van der Waals surface area contributed by atoms with Crippen molar-refractivity contribution in [1.29, 1.82) is 0 Å². The topological polar surface area (TPSA) is 131 Å². The number of aryl methyl sites for hydroxylation is 1. The van der Waals surface area contributed by atoms with Crippen molar-refractivity contribution in [1.82, 2.24) is 9.97 Å². The van der Waals surface area contributed by atoms with Crippen LogP contribution < -0.4 is 5.73 Å². The number of benzene rings is 2. The van der Waals surface area contributed by atoms with E-state index in [4.69, 9.17) is 38.4 Å². The lowest BCUT2D eigenvalue weighted by Gasteiger charge is -2.41. The summed E-state index contributed by atoms with van der Waals surface area (Å²) >= 11 is 13.4. The quantitative estimate of drug-likeness (QED) is 0.357. The fraction of sp³-hybridized carbons (Fsp3) is 0.333. The second-order valence-electron chi connectivity index (χ2n) is 8.12. The van der Waals surface area contributed by atoms with Gasteiger partial charge in [0.05, 0.1) is 24.6 Å². The first kappa shape index (κ1) is 26.1. The average Bonchev–Trinajstić information content (AvgIpc) is 2.83. The van der Waals surface area contributed by atoms with Gasteiger partial charge >= 0.3 is 0 Å². The van der Waals surface area contributed by atoms with Gasteiger partial charge in [0.25, 0.3) is 0 Å². The third kappa shape index (κ3) is 6.25. The number of nitrogen functional groups attached to an aromatic ring is 1. The highest BCUT2D eigenvalue weighted by molar-refractivity contribution is 7.99. The molecule has 0 amide bonds. The van der Waals surface area contributed by atoms with E-state index in [2.05, 4.69) is 9.97 Å². The fourth-order valence-electron chi connectivity index (χ4n) is 3.67.